The molecule has 1 unspecified atom stereocenters. The van der Waals surface area contributed by atoms with Crippen molar-refractivity contribution in [2.45, 2.75) is 26.4 Å². The number of carbonyl (C=O) groups is 1. The molecule has 0 N–H and O–H groups in total. The zero-order valence-corrected chi connectivity index (χ0v) is 11.7. The van der Waals surface area contributed by atoms with Gasteiger partial charge in [0.05, 0.1) is 5.92 Å². The Balaban J connectivity index is 1.75. The van der Waals surface area contributed by atoms with E-state index in [0.717, 1.165) is 24.0 Å². The number of ether oxygens (including phenoxy) is 1. The lowest BCUT2D eigenvalue weighted by molar-refractivity contribution is -0.149. The van der Waals surface area contributed by atoms with Gasteiger partial charge >= 0.3 is 5.97 Å². The molecule has 1 heterocycles. The topological polar surface area (TPSA) is 39.2 Å². The summed E-state index contributed by atoms with van der Waals surface area (Å²) in [6, 6.07) is 13.7. The zero-order valence-electron chi connectivity index (χ0n) is 11.7. The number of pyridine rings is 1. The van der Waals surface area contributed by atoms with Gasteiger partial charge in [-0.2, -0.15) is 0 Å². The molecule has 0 aliphatic rings. The normalized spacial score (nSPS) is 11.8. The highest BCUT2D eigenvalue weighted by Gasteiger charge is 2.14. The van der Waals surface area contributed by atoms with E-state index in [1.165, 1.54) is 0 Å². The molecule has 0 spiro atoms. The van der Waals surface area contributed by atoms with Crippen LogP contribution in [0.2, 0.25) is 0 Å². The summed E-state index contributed by atoms with van der Waals surface area (Å²) < 4.78 is 5.32. The highest BCUT2D eigenvalue weighted by Crippen LogP contribution is 2.11. The molecule has 0 radical (unpaired) electrons. The van der Waals surface area contributed by atoms with Gasteiger partial charge in [-0.25, -0.2) is 0 Å². The van der Waals surface area contributed by atoms with Crippen LogP contribution in [0.5, 0.6) is 0 Å². The number of aryl methyl sites for hydroxylation is 1. The van der Waals surface area contributed by atoms with E-state index in [4.69, 9.17) is 4.74 Å². The molecule has 0 amide bonds. The molecule has 0 fully saturated rings. The molecule has 0 saturated carbocycles. The number of hydrogen-bond acceptors (Lipinski definition) is 3. The van der Waals surface area contributed by atoms with Crippen molar-refractivity contribution in [2.24, 2.45) is 5.92 Å². The van der Waals surface area contributed by atoms with Gasteiger partial charge in [0.2, 0.25) is 0 Å². The van der Waals surface area contributed by atoms with E-state index < -0.39 is 0 Å². The van der Waals surface area contributed by atoms with Crippen LogP contribution in [0.4, 0.5) is 0 Å². The number of aromatic nitrogens is 1. The van der Waals surface area contributed by atoms with Crippen LogP contribution < -0.4 is 0 Å². The summed E-state index contributed by atoms with van der Waals surface area (Å²) in [4.78, 5) is 16.0. The molecule has 1 atom stereocenters. The summed E-state index contributed by atoms with van der Waals surface area (Å²) in [5, 5.41) is 0. The fourth-order valence-corrected chi connectivity index (χ4v) is 1.92. The minimum atomic E-state index is -0.141. The third kappa shape index (κ3) is 4.50. The van der Waals surface area contributed by atoms with Crippen molar-refractivity contribution in [2.75, 3.05) is 0 Å². The molecule has 20 heavy (non-hydrogen) atoms. The van der Waals surface area contributed by atoms with Crippen LogP contribution in [0.3, 0.4) is 0 Å². The molecule has 1 aromatic heterocycles. The molecule has 2 rings (SSSR count). The lowest BCUT2D eigenvalue weighted by Crippen LogP contribution is -2.15. The second-order valence-electron chi connectivity index (χ2n) is 4.89. The van der Waals surface area contributed by atoms with Gasteiger partial charge in [-0.05, 0) is 30.0 Å². The molecular weight excluding hydrogens is 250 g/mol. The molecule has 0 aliphatic carbocycles. The minimum absolute atomic E-state index is 0.0982. The number of carbonyl (C=O) groups excluding carboxylic acids is 1. The van der Waals surface area contributed by atoms with Crippen molar-refractivity contribution < 1.29 is 9.53 Å². The molecular formula is C17H19NO2. The second kappa shape index (κ2) is 7.43. The van der Waals surface area contributed by atoms with Crippen LogP contribution >= 0.6 is 0 Å². The van der Waals surface area contributed by atoms with Crippen LogP contribution in [0.15, 0.2) is 54.9 Å². The van der Waals surface area contributed by atoms with E-state index in [1.807, 2.05) is 55.6 Å². The summed E-state index contributed by atoms with van der Waals surface area (Å²) >= 11 is 0. The number of hydrogen-bond donors (Lipinski definition) is 0. The van der Waals surface area contributed by atoms with E-state index in [9.17, 15) is 4.79 Å². The first-order valence-electron chi connectivity index (χ1n) is 6.85. The van der Waals surface area contributed by atoms with Crippen molar-refractivity contribution in [3.05, 3.63) is 66.0 Å². The fourth-order valence-electron chi connectivity index (χ4n) is 1.92. The summed E-state index contributed by atoms with van der Waals surface area (Å²) in [6.07, 6.45) is 5.21. The van der Waals surface area contributed by atoms with E-state index in [2.05, 4.69) is 4.98 Å². The first-order valence-corrected chi connectivity index (χ1v) is 6.85. The minimum Gasteiger partial charge on any atom is -0.461 e. The summed E-state index contributed by atoms with van der Waals surface area (Å²) in [6.45, 7) is 2.25. The zero-order chi connectivity index (χ0) is 14.2. The van der Waals surface area contributed by atoms with Gasteiger partial charge in [-0.1, -0.05) is 43.3 Å². The van der Waals surface area contributed by atoms with Crippen molar-refractivity contribution >= 4 is 5.97 Å². The van der Waals surface area contributed by atoms with Gasteiger partial charge in [0.1, 0.15) is 6.61 Å². The molecule has 3 heteroatoms. The Hall–Kier alpha value is -2.16. The van der Waals surface area contributed by atoms with Crippen LogP contribution in [-0.4, -0.2) is 11.0 Å². The predicted molar refractivity (Wildman–Crippen MR) is 78.0 cm³/mol. The second-order valence-corrected chi connectivity index (χ2v) is 4.89. The average Bonchev–Trinajstić information content (AvgIpc) is 2.52. The van der Waals surface area contributed by atoms with Crippen LogP contribution in [0.25, 0.3) is 0 Å². The predicted octanol–water partition coefficient (Wildman–Crippen LogP) is 3.39. The quantitative estimate of drug-likeness (QED) is 0.754. The third-order valence-electron chi connectivity index (χ3n) is 3.22. The van der Waals surface area contributed by atoms with Crippen LogP contribution in [-0.2, 0) is 22.6 Å². The SMILES string of the molecule is CC(CCc1cccnc1)C(=O)OCc1ccccc1. The molecule has 104 valence electrons. The maximum absolute atomic E-state index is 11.9. The Morgan fingerprint density at radius 2 is 1.90 bits per heavy atom. The largest absolute Gasteiger partial charge is 0.461 e. The maximum Gasteiger partial charge on any atom is 0.308 e. The molecule has 3 nitrogen and oxygen atoms in total. The smallest absolute Gasteiger partial charge is 0.308 e. The van der Waals surface area contributed by atoms with E-state index >= 15 is 0 Å². The average molecular weight is 269 g/mol. The van der Waals surface area contributed by atoms with Gasteiger partial charge in [-0.3, -0.25) is 9.78 Å². The Kier molecular flexibility index (Phi) is 5.30. The van der Waals surface area contributed by atoms with Crippen molar-refractivity contribution in [3.8, 4) is 0 Å². The highest BCUT2D eigenvalue weighted by atomic mass is 16.5. The Labute approximate surface area is 119 Å². The van der Waals surface area contributed by atoms with Gasteiger partial charge in [0.15, 0.2) is 0 Å². The van der Waals surface area contributed by atoms with Gasteiger partial charge in [-0.15, -0.1) is 0 Å². The van der Waals surface area contributed by atoms with Crippen molar-refractivity contribution in [1.29, 1.82) is 0 Å². The van der Waals surface area contributed by atoms with Crippen LogP contribution in [0.1, 0.15) is 24.5 Å². The Morgan fingerprint density at radius 3 is 2.60 bits per heavy atom. The molecule has 0 saturated heterocycles. The number of rotatable bonds is 6. The lowest BCUT2D eigenvalue weighted by atomic mass is 10.0. The number of esters is 1. The van der Waals surface area contributed by atoms with Crippen LogP contribution in [0, 0.1) is 5.92 Å². The first-order chi connectivity index (χ1) is 9.75. The molecule has 2 aromatic rings. The third-order valence-corrected chi connectivity index (χ3v) is 3.22. The van der Waals surface area contributed by atoms with Gasteiger partial charge in [0, 0.05) is 12.4 Å². The first kappa shape index (κ1) is 14.3. The summed E-state index contributed by atoms with van der Waals surface area (Å²) in [7, 11) is 0. The van der Waals surface area contributed by atoms with Crippen molar-refractivity contribution in [3.63, 3.8) is 0 Å². The molecule has 0 aliphatic heterocycles. The monoisotopic (exact) mass is 269 g/mol. The maximum atomic E-state index is 11.9. The number of benzene rings is 1. The molecule has 1 aromatic carbocycles. The standard InChI is InChI=1S/C17H19NO2/c1-14(9-10-15-8-5-11-18-12-15)17(19)20-13-16-6-3-2-4-7-16/h2-8,11-12,14H,9-10,13H2,1H3. The Morgan fingerprint density at radius 1 is 1.15 bits per heavy atom. The summed E-state index contributed by atoms with van der Waals surface area (Å²) in [5.41, 5.74) is 2.16. The lowest BCUT2D eigenvalue weighted by Gasteiger charge is -2.11. The van der Waals surface area contributed by atoms with Gasteiger partial charge in [0.25, 0.3) is 0 Å². The van der Waals surface area contributed by atoms with Crippen molar-refractivity contribution in [1.82, 2.24) is 4.98 Å². The van der Waals surface area contributed by atoms with E-state index in [1.54, 1.807) is 6.20 Å². The molecule has 0 bridgehead atoms. The fraction of sp³-hybridized carbons (Fsp3) is 0.294. The van der Waals surface area contributed by atoms with Gasteiger partial charge < -0.3 is 4.74 Å². The number of nitrogens with zero attached hydrogens (tertiary/aromatic N) is 1. The highest BCUT2D eigenvalue weighted by molar-refractivity contribution is 5.72. The van der Waals surface area contributed by atoms with E-state index in [-0.39, 0.29) is 11.9 Å². The Bertz CT molecular complexity index is 525. The van der Waals surface area contributed by atoms with E-state index in [0.29, 0.717) is 6.61 Å². The summed E-state index contributed by atoms with van der Waals surface area (Å²) in [5.74, 6) is -0.239.